The van der Waals surface area contributed by atoms with Crippen molar-refractivity contribution in [3.8, 4) is 0 Å². The molecule has 1 rings (SSSR count). The van der Waals surface area contributed by atoms with E-state index in [1.165, 1.54) is 6.92 Å². The Hall–Kier alpha value is -1.98. The van der Waals surface area contributed by atoms with Crippen LogP contribution in [-0.2, 0) is 9.59 Å². The molecule has 0 radical (unpaired) electrons. The monoisotopic (exact) mass is 244 g/mol. The first-order valence-electron chi connectivity index (χ1n) is 4.73. The molecule has 1 aromatic carbocycles. The number of hydrogen-bond acceptors (Lipinski definition) is 2. The van der Waals surface area contributed by atoms with E-state index in [-0.39, 0.29) is 5.56 Å². The van der Waals surface area contributed by atoms with Gasteiger partial charge in [0, 0.05) is 5.56 Å². The average Bonchev–Trinajstić information content (AvgIpc) is 2.20. The fourth-order valence-corrected chi connectivity index (χ4v) is 1.43. The highest BCUT2D eigenvalue weighted by Crippen LogP contribution is 2.25. The van der Waals surface area contributed by atoms with Crippen molar-refractivity contribution in [2.45, 2.75) is 19.3 Å². The Balaban J connectivity index is 3.23. The zero-order valence-electron chi connectivity index (χ0n) is 8.91. The van der Waals surface area contributed by atoms with Crippen molar-refractivity contribution >= 4 is 11.9 Å². The molecule has 6 heteroatoms. The van der Waals surface area contributed by atoms with E-state index in [4.69, 9.17) is 10.2 Å². The fourth-order valence-electron chi connectivity index (χ4n) is 1.43. The first-order valence-corrected chi connectivity index (χ1v) is 4.73. The Morgan fingerprint density at radius 2 is 1.82 bits per heavy atom. The minimum Gasteiger partial charge on any atom is -0.481 e. The van der Waals surface area contributed by atoms with Gasteiger partial charge in [-0.1, -0.05) is 0 Å². The van der Waals surface area contributed by atoms with Crippen LogP contribution in [0.2, 0.25) is 0 Å². The SMILES string of the molecule is Cc1cc(F)c(C(CC(=O)O)C(=O)O)cc1F. The van der Waals surface area contributed by atoms with E-state index in [0.29, 0.717) is 0 Å². The van der Waals surface area contributed by atoms with Gasteiger partial charge in [0.05, 0.1) is 12.3 Å². The van der Waals surface area contributed by atoms with Crippen LogP contribution in [0.3, 0.4) is 0 Å². The molecule has 1 atom stereocenters. The second kappa shape index (κ2) is 4.90. The summed E-state index contributed by atoms with van der Waals surface area (Å²) in [6.45, 7) is 1.33. The average molecular weight is 244 g/mol. The van der Waals surface area contributed by atoms with Crippen LogP contribution >= 0.6 is 0 Å². The predicted molar refractivity (Wildman–Crippen MR) is 53.7 cm³/mol. The molecule has 0 aromatic heterocycles. The van der Waals surface area contributed by atoms with Gasteiger partial charge >= 0.3 is 11.9 Å². The lowest BCUT2D eigenvalue weighted by atomic mass is 9.94. The van der Waals surface area contributed by atoms with Crippen LogP contribution in [0, 0.1) is 18.6 Å². The van der Waals surface area contributed by atoms with Gasteiger partial charge in [-0.05, 0) is 24.6 Å². The number of carboxylic acids is 2. The molecule has 1 aromatic rings. The highest BCUT2D eigenvalue weighted by Gasteiger charge is 2.26. The molecule has 0 spiro atoms. The standard InChI is InChI=1S/C11H10F2O4/c1-5-2-9(13)6(3-8(5)12)7(11(16)17)4-10(14)15/h2-3,7H,4H2,1H3,(H,14,15)(H,16,17). The number of rotatable bonds is 4. The molecular weight excluding hydrogens is 234 g/mol. The van der Waals surface area contributed by atoms with Crippen LogP contribution in [0.25, 0.3) is 0 Å². The molecule has 0 amide bonds. The van der Waals surface area contributed by atoms with Gasteiger partial charge in [0.2, 0.25) is 0 Å². The van der Waals surface area contributed by atoms with E-state index in [9.17, 15) is 18.4 Å². The molecule has 1 unspecified atom stereocenters. The van der Waals surface area contributed by atoms with Crippen LogP contribution in [0.1, 0.15) is 23.5 Å². The van der Waals surface area contributed by atoms with Gasteiger partial charge in [0.25, 0.3) is 0 Å². The third-order valence-corrected chi connectivity index (χ3v) is 2.33. The van der Waals surface area contributed by atoms with E-state index < -0.39 is 41.5 Å². The molecule has 0 aliphatic heterocycles. The third kappa shape index (κ3) is 2.99. The minimum absolute atomic E-state index is 0.0331. The Morgan fingerprint density at radius 3 is 2.29 bits per heavy atom. The van der Waals surface area contributed by atoms with E-state index in [1.54, 1.807) is 0 Å². The van der Waals surface area contributed by atoms with E-state index in [2.05, 4.69) is 0 Å². The lowest BCUT2D eigenvalue weighted by molar-refractivity contribution is -0.145. The smallest absolute Gasteiger partial charge is 0.311 e. The third-order valence-electron chi connectivity index (χ3n) is 2.33. The highest BCUT2D eigenvalue weighted by molar-refractivity contribution is 5.82. The van der Waals surface area contributed by atoms with Gasteiger partial charge in [0.1, 0.15) is 11.6 Å². The summed E-state index contributed by atoms with van der Waals surface area (Å²) in [4.78, 5) is 21.3. The summed E-state index contributed by atoms with van der Waals surface area (Å²) in [5.41, 5.74) is -0.422. The predicted octanol–water partition coefficient (Wildman–Crippen LogP) is 1.92. The van der Waals surface area contributed by atoms with Crippen LogP contribution in [0.15, 0.2) is 12.1 Å². The Morgan fingerprint density at radius 1 is 1.24 bits per heavy atom. The van der Waals surface area contributed by atoms with Crippen LogP contribution in [-0.4, -0.2) is 22.2 Å². The molecule has 0 saturated carbocycles. The largest absolute Gasteiger partial charge is 0.481 e. The van der Waals surface area contributed by atoms with Crippen molar-refractivity contribution in [1.82, 2.24) is 0 Å². The molecule has 17 heavy (non-hydrogen) atoms. The summed E-state index contributed by atoms with van der Waals surface area (Å²) in [5.74, 6) is -6.18. The summed E-state index contributed by atoms with van der Waals surface area (Å²) >= 11 is 0. The quantitative estimate of drug-likeness (QED) is 0.848. The van der Waals surface area contributed by atoms with Crippen molar-refractivity contribution in [2.24, 2.45) is 0 Å². The summed E-state index contributed by atoms with van der Waals surface area (Å²) in [6, 6.07) is 1.58. The van der Waals surface area contributed by atoms with Gasteiger partial charge in [-0.2, -0.15) is 0 Å². The maximum Gasteiger partial charge on any atom is 0.311 e. The summed E-state index contributed by atoms with van der Waals surface area (Å²) in [7, 11) is 0. The van der Waals surface area contributed by atoms with Gasteiger partial charge in [-0.3, -0.25) is 9.59 Å². The van der Waals surface area contributed by atoms with Gasteiger partial charge in [0.15, 0.2) is 0 Å². The number of aliphatic carboxylic acids is 2. The second-order valence-electron chi connectivity index (χ2n) is 3.61. The van der Waals surface area contributed by atoms with Crippen LogP contribution < -0.4 is 0 Å². The highest BCUT2D eigenvalue weighted by atomic mass is 19.1. The van der Waals surface area contributed by atoms with Gasteiger partial charge in [-0.15, -0.1) is 0 Å². The van der Waals surface area contributed by atoms with E-state index >= 15 is 0 Å². The maximum atomic E-state index is 13.5. The maximum absolute atomic E-state index is 13.5. The Bertz CT molecular complexity index is 471. The molecule has 4 nitrogen and oxygen atoms in total. The van der Waals surface area contributed by atoms with Crippen molar-refractivity contribution in [2.75, 3.05) is 0 Å². The lowest BCUT2D eigenvalue weighted by Gasteiger charge is -2.12. The topological polar surface area (TPSA) is 74.6 Å². The molecule has 92 valence electrons. The molecular formula is C11H10F2O4. The molecule has 0 bridgehead atoms. The zero-order chi connectivity index (χ0) is 13.2. The Kier molecular flexibility index (Phi) is 3.77. The molecule has 0 fully saturated rings. The summed E-state index contributed by atoms with van der Waals surface area (Å²) in [6.07, 6.45) is -0.797. The van der Waals surface area contributed by atoms with Crippen molar-refractivity contribution < 1.29 is 28.6 Å². The number of aryl methyl sites for hydroxylation is 1. The van der Waals surface area contributed by atoms with E-state index in [0.717, 1.165) is 12.1 Å². The van der Waals surface area contributed by atoms with Crippen LogP contribution in [0.5, 0.6) is 0 Å². The first kappa shape index (κ1) is 13.1. The number of carbonyl (C=O) groups is 2. The zero-order valence-corrected chi connectivity index (χ0v) is 8.91. The summed E-state index contributed by atoms with van der Waals surface area (Å²) < 4.78 is 26.7. The van der Waals surface area contributed by atoms with Gasteiger partial charge < -0.3 is 10.2 Å². The van der Waals surface area contributed by atoms with Crippen molar-refractivity contribution in [3.05, 3.63) is 34.9 Å². The number of halogens is 2. The minimum atomic E-state index is -1.59. The van der Waals surface area contributed by atoms with Gasteiger partial charge in [-0.25, -0.2) is 8.78 Å². The normalized spacial score (nSPS) is 12.2. The number of carboxylic acid groups (broad SMARTS) is 2. The molecule has 0 aliphatic rings. The number of hydrogen-bond donors (Lipinski definition) is 2. The fraction of sp³-hybridized carbons (Fsp3) is 0.273. The van der Waals surface area contributed by atoms with Crippen molar-refractivity contribution in [3.63, 3.8) is 0 Å². The molecule has 0 heterocycles. The molecule has 0 saturated heterocycles. The molecule has 0 aliphatic carbocycles. The lowest BCUT2D eigenvalue weighted by Crippen LogP contribution is -2.17. The Labute approximate surface area is 95.5 Å². The summed E-state index contributed by atoms with van der Waals surface area (Å²) in [5, 5.41) is 17.3. The first-order chi connectivity index (χ1) is 7.82. The second-order valence-corrected chi connectivity index (χ2v) is 3.61. The van der Waals surface area contributed by atoms with E-state index in [1.807, 2.05) is 0 Å². The number of benzene rings is 1. The van der Waals surface area contributed by atoms with Crippen molar-refractivity contribution in [1.29, 1.82) is 0 Å². The van der Waals surface area contributed by atoms with Crippen LogP contribution in [0.4, 0.5) is 8.78 Å². The molecule has 2 N–H and O–H groups in total.